The Bertz CT molecular complexity index is 839. The van der Waals surface area contributed by atoms with Crippen molar-refractivity contribution in [3.63, 3.8) is 0 Å². The molecule has 2 aliphatic rings. The van der Waals surface area contributed by atoms with Crippen LogP contribution in [0.1, 0.15) is 41.2 Å². The average molecular weight is 387 g/mol. The summed E-state index contributed by atoms with van der Waals surface area (Å²) in [6.07, 6.45) is 3.00. The summed E-state index contributed by atoms with van der Waals surface area (Å²) < 4.78 is 26.9. The van der Waals surface area contributed by atoms with Crippen molar-refractivity contribution < 1.29 is 13.6 Å². The van der Waals surface area contributed by atoms with Crippen LogP contribution >= 0.6 is 0 Å². The van der Waals surface area contributed by atoms with Crippen LogP contribution in [0, 0.1) is 11.6 Å². The Morgan fingerprint density at radius 1 is 1.11 bits per heavy atom. The van der Waals surface area contributed by atoms with Crippen molar-refractivity contribution in [1.29, 1.82) is 0 Å². The lowest BCUT2D eigenvalue weighted by molar-refractivity contribution is 0.0918. The Balaban J connectivity index is 1.46. The SMILES string of the molecule is O=C(NC1CNCCC1c1ccc(F)c(F)c1)c1ccc(N2CCCC2)nn1. The third kappa shape index (κ3) is 3.96. The fourth-order valence-electron chi connectivity index (χ4n) is 3.96. The van der Waals surface area contributed by atoms with Gasteiger partial charge in [-0.25, -0.2) is 8.78 Å². The molecule has 2 fully saturated rings. The molecule has 3 heterocycles. The lowest BCUT2D eigenvalue weighted by Crippen LogP contribution is -2.50. The summed E-state index contributed by atoms with van der Waals surface area (Å²) in [6, 6.07) is 7.19. The monoisotopic (exact) mass is 387 g/mol. The highest BCUT2D eigenvalue weighted by Gasteiger charge is 2.29. The summed E-state index contributed by atoms with van der Waals surface area (Å²) >= 11 is 0. The molecule has 28 heavy (non-hydrogen) atoms. The molecule has 2 aliphatic heterocycles. The second kappa shape index (κ2) is 8.18. The molecule has 2 saturated heterocycles. The molecule has 148 valence electrons. The van der Waals surface area contributed by atoms with Gasteiger partial charge in [0.1, 0.15) is 0 Å². The fourth-order valence-corrected chi connectivity index (χ4v) is 3.96. The minimum Gasteiger partial charge on any atom is -0.355 e. The Labute approximate surface area is 162 Å². The molecule has 6 nitrogen and oxygen atoms in total. The maximum atomic E-state index is 13.7. The van der Waals surface area contributed by atoms with E-state index in [4.69, 9.17) is 0 Å². The van der Waals surface area contributed by atoms with E-state index in [1.807, 2.05) is 6.07 Å². The van der Waals surface area contributed by atoms with Crippen molar-refractivity contribution in [2.75, 3.05) is 31.1 Å². The van der Waals surface area contributed by atoms with Gasteiger partial charge in [0.05, 0.1) is 0 Å². The van der Waals surface area contributed by atoms with E-state index in [-0.39, 0.29) is 23.6 Å². The van der Waals surface area contributed by atoms with Gasteiger partial charge in [0, 0.05) is 31.6 Å². The highest BCUT2D eigenvalue weighted by molar-refractivity contribution is 5.92. The van der Waals surface area contributed by atoms with Crippen molar-refractivity contribution in [1.82, 2.24) is 20.8 Å². The standard InChI is InChI=1S/C20H23F2N5O/c21-15-4-3-13(11-16(15)22)14-7-8-23-12-18(14)24-20(28)17-5-6-19(26-25-17)27-9-1-2-10-27/h3-6,11,14,18,23H,1-2,7-10,12H2,(H,24,28). The van der Waals surface area contributed by atoms with Crippen LogP contribution in [0.15, 0.2) is 30.3 Å². The summed E-state index contributed by atoms with van der Waals surface area (Å²) in [5.74, 6) is -1.37. The van der Waals surface area contributed by atoms with Crippen LogP contribution in [0.3, 0.4) is 0 Å². The number of hydrogen-bond acceptors (Lipinski definition) is 5. The van der Waals surface area contributed by atoms with E-state index >= 15 is 0 Å². The van der Waals surface area contributed by atoms with E-state index in [0.717, 1.165) is 50.8 Å². The summed E-state index contributed by atoms with van der Waals surface area (Å²) in [5, 5.41) is 14.5. The van der Waals surface area contributed by atoms with Crippen molar-refractivity contribution in [2.24, 2.45) is 0 Å². The van der Waals surface area contributed by atoms with E-state index in [2.05, 4.69) is 25.7 Å². The molecule has 1 aromatic carbocycles. The van der Waals surface area contributed by atoms with E-state index < -0.39 is 11.6 Å². The molecule has 8 heteroatoms. The van der Waals surface area contributed by atoms with Gasteiger partial charge < -0.3 is 15.5 Å². The zero-order chi connectivity index (χ0) is 19.5. The molecular formula is C20H23F2N5O. The van der Waals surface area contributed by atoms with Gasteiger partial charge in [-0.3, -0.25) is 4.79 Å². The number of carbonyl (C=O) groups is 1. The maximum Gasteiger partial charge on any atom is 0.272 e. The number of aromatic nitrogens is 2. The topological polar surface area (TPSA) is 70.2 Å². The van der Waals surface area contributed by atoms with Gasteiger partial charge in [0.25, 0.3) is 5.91 Å². The number of nitrogens with zero attached hydrogens (tertiary/aromatic N) is 3. The van der Waals surface area contributed by atoms with Gasteiger partial charge >= 0.3 is 0 Å². The smallest absolute Gasteiger partial charge is 0.272 e. The first-order chi connectivity index (χ1) is 13.6. The number of benzene rings is 1. The van der Waals surface area contributed by atoms with Crippen LogP contribution in [0.25, 0.3) is 0 Å². The lowest BCUT2D eigenvalue weighted by Gasteiger charge is -2.33. The first-order valence-electron chi connectivity index (χ1n) is 9.67. The Morgan fingerprint density at radius 3 is 2.64 bits per heavy atom. The normalized spacial score (nSPS) is 22.3. The number of amides is 1. The van der Waals surface area contributed by atoms with Crippen molar-refractivity contribution in [2.45, 2.75) is 31.2 Å². The molecule has 1 amide bonds. The summed E-state index contributed by atoms with van der Waals surface area (Å²) in [7, 11) is 0. The van der Waals surface area contributed by atoms with Crippen LogP contribution in [0.5, 0.6) is 0 Å². The molecule has 0 aliphatic carbocycles. The molecule has 0 saturated carbocycles. The second-order valence-electron chi connectivity index (χ2n) is 7.32. The Kier molecular flexibility index (Phi) is 5.47. The van der Waals surface area contributed by atoms with E-state index in [9.17, 15) is 13.6 Å². The minimum atomic E-state index is -0.871. The Morgan fingerprint density at radius 2 is 1.93 bits per heavy atom. The molecule has 2 aromatic rings. The van der Waals surface area contributed by atoms with Crippen LogP contribution in [-0.4, -0.2) is 48.3 Å². The van der Waals surface area contributed by atoms with Crippen LogP contribution in [0.4, 0.5) is 14.6 Å². The van der Waals surface area contributed by atoms with Crippen molar-refractivity contribution in [3.05, 3.63) is 53.2 Å². The van der Waals surface area contributed by atoms with Crippen LogP contribution < -0.4 is 15.5 Å². The molecule has 4 rings (SSSR count). The third-order valence-corrected chi connectivity index (χ3v) is 5.48. The first-order valence-corrected chi connectivity index (χ1v) is 9.67. The number of piperidine rings is 1. The fraction of sp³-hybridized carbons (Fsp3) is 0.450. The third-order valence-electron chi connectivity index (χ3n) is 5.48. The van der Waals surface area contributed by atoms with Crippen LogP contribution in [-0.2, 0) is 0 Å². The predicted octanol–water partition coefficient (Wildman–Crippen LogP) is 2.23. The molecule has 1 aromatic heterocycles. The molecular weight excluding hydrogens is 364 g/mol. The van der Waals surface area contributed by atoms with Crippen molar-refractivity contribution in [3.8, 4) is 0 Å². The van der Waals surface area contributed by atoms with Gasteiger partial charge in [-0.15, -0.1) is 10.2 Å². The summed E-state index contributed by atoms with van der Waals surface area (Å²) in [6.45, 7) is 3.23. The van der Waals surface area contributed by atoms with Gasteiger partial charge in [0.15, 0.2) is 23.1 Å². The minimum absolute atomic E-state index is 0.0999. The van der Waals surface area contributed by atoms with E-state index in [0.29, 0.717) is 12.1 Å². The van der Waals surface area contributed by atoms with E-state index in [1.165, 1.54) is 6.07 Å². The number of rotatable bonds is 4. The average Bonchev–Trinajstić information content (AvgIpc) is 3.25. The van der Waals surface area contributed by atoms with Crippen LogP contribution in [0.2, 0.25) is 0 Å². The number of halogens is 2. The quantitative estimate of drug-likeness (QED) is 0.842. The highest BCUT2D eigenvalue weighted by Crippen LogP contribution is 2.27. The number of anilines is 1. The lowest BCUT2D eigenvalue weighted by atomic mass is 9.86. The largest absolute Gasteiger partial charge is 0.355 e. The maximum absolute atomic E-state index is 13.7. The van der Waals surface area contributed by atoms with Gasteiger partial charge in [0.2, 0.25) is 0 Å². The first kappa shape index (κ1) is 18.7. The van der Waals surface area contributed by atoms with Gasteiger partial charge in [-0.1, -0.05) is 6.07 Å². The zero-order valence-electron chi connectivity index (χ0n) is 15.5. The predicted molar refractivity (Wildman–Crippen MR) is 101 cm³/mol. The summed E-state index contributed by atoms with van der Waals surface area (Å²) in [5.41, 5.74) is 0.929. The van der Waals surface area contributed by atoms with Crippen molar-refractivity contribution >= 4 is 11.7 Å². The van der Waals surface area contributed by atoms with Gasteiger partial charge in [-0.2, -0.15) is 0 Å². The molecule has 2 atom stereocenters. The molecule has 2 N–H and O–H groups in total. The Hall–Kier alpha value is -2.61. The number of carbonyl (C=O) groups excluding carboxylic acids is 1. The number of hydrogen-bond donors (Lipinski definition) is 2. The zero-order valence-corrected chi connectivity index (χ0v) is 15.5. The second-order valence-corrected chi connectivity index (χ2v) is 7.32. The highest BCUT2D eigenvalue weighted by atomic mass is 19.2. The van der Waals surface area contributed by atoms with Gasteiger partial charge in [-0.05, 0) is 55.6 Å². The summed E-state index contributed by atoms with van der Waals surface area (Å²) in [4.78, 5) is 14.8. The molecule has 0 bridgehead atoms. The molecule has 0 spiro atoms. The number of nitrogens with one attached hydrogen (secondary N) is 2. The molecule has 2 unspecified atom stereocenters. The molecule has 0 radical (unpaired) electrons. The van der Waals surface area contributed by atoms with E-state index in [1.54, 1.807) is 12.1 Å².